The van der Waals surface area contributed by atoms with Crippen LogP contribution in [0.5, 0.6) is 11.5 Å². The minimum atomic E-state index is -3.78. The topological polar surface area (TPSA) is 105 Å². The zero-order chi connectivity index (χ0) is 22.7. The van der Waals surface area contributed by atoms with E-state index in [0.29, 0.717) is 23.6 Å². The number of ether oxygens (including phenoxy) is 2. The van der Waals surface area contributed by atoms with Crippen molar-refractivity contribution < 1.29 is 27.5 Å². The van der Waals surface area contributed by atoms with Crippen LogP contribution < -0.4 is 14.8 Å². The second-order valence-electron chi connectivity index (χ2n) is 7.55. The summed E-state index contributed by atoms with van der Waals surface area (Å²) in [5.41, 5.74) is 0.340. The van der Waals surface area contributed by atoms with E-state index in [1.807, 2.05) is 25.1 Å². The average molecular weight is 460 g/mol. The number of nitrogens with zero attached hydrogens (tertiary/aromatic N) is 2. The van der Waals surface area contributed by atoms with Gasteiger partial charge in [-0.1, -0.05) is 25.1 Å². The molecule has 2 amide bonds. The maximum absolute atomic E-state index is 13.1. The molecular formula is C22H25N3O6S. The Bertz CT molecular complexity index is 1100. The average Bonchev–Trinajstić information content (AvgIpc) is 2.82. The lowest BCUT2D eigenvalue weighted by Crippen LogP contribution is -2.51. The number of amides is 2. The summed E-state index contributed by atoms with van der Waals surface area (Å²) in [6.45, 7) is 2.65. The minimum Gasteiger partial charge on any atom is -0.484 e. The molecule has 0 aromatic heterocycles. The van der Waals surface area contributed by atoms with Crippen molar-refractivity contribution in [3.8, 4) is 11.5 Å². The first-order valence-corrected chi connectivity index (χ1v) is 11.9. The molecule has 0 aliphatic carbocycles. The Morgan fingerprint density at radius 2 is 1.84 bits per heavy atom. The van der Waals surface area contributed by atoms with E-state index in [0.717, 1.165) is 0 Å². The van der Waals surface area contributed by atoms with E-state index in [-0.39, 0.29) is 49.5 Å². The Morgan fingerprint density at radius 1 is 1.12 bits per heavy atom. The molecule has 2 aliphatic heterocycles. The smallest absolute Gasteiger partial charge is 0.265 e. The molecule has 32 heavy (non-hydrogen) atoms. The fourth-order valence-electron chi connectivity index (χ4n) is 3.64. The van der Waals surface area contributed by atoms with Crippen molar-refractivity contribution >= 4 is 27.5 Å². The number of rotatable bonds is 6. The van der Waals surface area contributed by atoms with E-state index in [4.69, 9.17) is 9.47 Å². The van der Waals surface area contributed by atoms with Crippen LogP contribution in [-0.4, -0.2) is 68.3 Å². The largest absolute Gasteiger partial charge is 0.484 e. The van der Waals surface area contributed by atoms with Crippen LogP contribution in [0.4, 0.5) is 5.69 Å². The molecule has 0 saturated carbocycles. The fourth-order valence-corrected chi connectivity index (χ4v) is 5.09. The Kier molecular flexibility index (Phi) is 6.33. The van der Waals surface area contributed by atoms with E-state index in [1.54, 1.807) is 23.1 Å². The Hall–Kier alpha value is -3.11. The molecule has 4 rings (SSSR count). The predicted octanol–water partition coefficient (Wildman–Crippen LogP) is 1.71. The lowest BCUT2D eigenvalue weighted by molar-refractivity contribution is -0.134. The van der Waals surface area contributed by atoms with E-state index < -0.39 is 16.1 Å². The lowest BCUT2D eigenvalue weighted by Gasteiger charge is -2.34. The molecule has 1 N–H and O–H groups in total. The third-order valence-corrected chi connectivity index (χ3v) is 7.37. The molecule has 1 unspecified atom stereocenters. The number of para-hydroxylation sites is 1. The quantitative estimate of drug-likeness (QED) is 0.705. The minimum absolute atomic E-state index is 0.0716. The summed E-state index contributed by atoms with van der Waals surface area (Å²) in [6.07, 6.45) is -0.0634. The number of nitrogens with one attached hydrogen (secondary N) is 1. The van der Waals surface area contributed by atoms with E-state index in [1.165, 1.54) is 16.4 Å². The van der Waals surface area contributed by atoms with Crippen LogP contribution >= 0.6 is 0 Å². The molecule has 10 heteroatoms. The molecule has 2 heterocycles. The summed E-state index contributed by atoms with van der Waals surface area (Å²) in [5, 5.41) is 2.71. The van der Waals surface area contributed by atoms with Crippen LogP contribution in [-0.2, 0) is 19.6 Å². The molecule has 170 valence electrons. The van der Waals surface area contributed by atoms with Gasteiger partial charge in [0, 0.05) is 26.2 Å². The summed E-state index contributed by atoms with van der Waals surface area (Å²) < 4.78 is 38.7. The van der Waals surface area contributed by atoms with Crippen molar-refractivity contribution in [2.75, 3.05) is 38.1 Å². The van der Waals surface area contributed by atoms with Crippen molar-refractivity contribution in [1.82, 2.24) is 9.21 Å². The van der Waals surface area contributed by atoms with E-state index in [9.17, 15) is 18.0 Å². The van der Waals surface area contributed by atoms with Crippen molar-refractivity contribution in [3.63, 3.8) is 0 Å². The molecule has 2 aliphatic rings. The number of carbonyl (C=O) groups is 2. The number of hydrogen-bond donors (Lipinski definition) is 1. The second-order valence-corrected chi connectivity index (χ2v) is 9.49. The maximum atomic E-state index is 13.1. The SMILES string of the molecule is CCC1Oc2ccc(S(=O)(=O)N3CCN(C(=O)COc4ccccc4)CC3)cc2NC1=O. The van der Waals surface area contributed by atoms with Crippen LogP contribution in [0.15, 0.2) is 53.4 Å². The van der Waals surface area contributed by atoms with Gasteiger partial charge in [0.05, 0.1) is 10.6 Å². The van der Waals surface area contributed by atoms with Crippen molar-refractivity contribution in [1.29, 1.82) is 0 Å². The number of benzene rings is 2. The Balaban J connectivity index is 1.37. The van der Waals surface area contributed by atoms with Gasteiger partial charge in [-0.3, -0.25) is 9.59 Å². The van der Waals surface area contributed by atoms with Gasteiger partial charge in [-0.25, -0.2) is 8.42 Å². The molecule has 0 bridgehead atoms. The zero-order valence-corrected chi connectivity index (χ0v) is 18.5. The van der Waals surface area contributed by atoms with E-state index in [2.05, 4.69) is 5.32 Å². The first-order valence-electron chi connectivity index (χ1n) is 10.5. The van der Waals surface area contributed by atoms with Gasteiger partial charge in [-0.05, 0) is 36.8 Å². The molecule has 1 saturated heterocycles. The molecule has 0 spiro atoms. The monoisotopic (exact) mass is 459 g/mol. The first kappa shape index (κ1) is 22.1. The van der Waals surface area contributed by atoms with Gasteiger partial charge >= 0.3 is 0 Å². The highest BCUT2D eigenvalue weighted by atomic mass is 32.2. The third kappa shape index (κ3) is 4.56. The number of sulfonamides is 1. The second kappa shape index (κ2) is 9.17. The molecule has 2 aromatic carbocycles. The number of fused-ring (bicyclic) bond motifs is 1. The fraction of sp³-hybridized carbons (Fsp3) is 0.364. The van der Waals surface area contributed by atoms with Gasteiger partial charge in [0.1, 0.15) is 11.5 Å². The highest BCUT2D eigenvalue weighted by molar-refractivity contribution is 7.89. The van der Waals surface area contributed by atoms with Crippen LogP contribution in [0.25, 0.3) is 0 Å². The maximum Gasteiger partial charge on any atom is 0.265 e. The van der Waals surface area contributed by atoms with Crippen LogP contribution in [0.2, 0.25) is 0 Å². The summed E-state index contributed by atoms with van der Waals surface area (Å²) in [7, 11) is -3.78. The number of piperazine rings is 1. The summed E-state index contributed by atoms with van der Waals surface area (Å²) in [5.74, 6) is 0.574. The predicted molar refractivity (Wildman–Crippen MR) is 117 cm³/mol. The highest BCUT2D eigenvalue weighted by Gasteiger charge is 2.32. The Labute approximate surface area is 187 Å². The summed E-state index contributed by atoms with van der Waals surface area (Å²) >= 11 is 0. The number of anilines is 1. The highest BCUT2D eigenvalue weighted by Crippen LogP contribution is 2.33. The molecule has 1 fully saturated rings. The van der Waals surface area contributed by atoms with Crippen LogP contribution in [0, 0.1) is 0 Å². The van der Waals surface area contributed by atoms with Gasteiger partial charge in [-0.2, -0.15) is 4.31 Å². The summed E-state index contributed by atoms with van der Waals surface area (Å²) in [4.78, 5) is 26.1. The molecule has 2 aromatic rings. The standard InChI is InChI=1S/C22H25N3O6S/c1-2-19-22(27)23-18-14-17(8-9-20(18)31-19)32(28,29)25-12-10-24(11-13-25)21(26)15-30-16-6-4-3-5-7-16/h3-9,14,19H,2,10-13,15H2,1H3,(H,23,27). The number of hydrogen-bond acceptors (Lipinski definition) is 6. The van der Waals surface area contributed by atoms with Crippen molar-refractivity contribution in [2.45, 2.75) is 24.3 Å². The first-order chi connectivity index (χ1) is 15.4. The van der Waals surface area contributed by atoms with Crippen molar-refractivity contribution in [3.05, 3.63) is 48.5 Å². The van der Waals surface area contributed by atoms with Gasteiger partial charge in [0.15, 0.2) is 12.7 Å². The molecule has 1 atom stereocenters. The third-order valence-electron chi connectivity index (χ3n) is 5.48. The van der Waals surface area contributed by atoms with Gasteiger partial charge in [-0.15, -0.1) is 0 Å². The van der Waals surface area contributed by atoms with Crippen LogP contribution in [0.3, 0.4) is 0 Å². The van der Waals surface area contributed by atoms with Crippen molar-refractivity contribution in [2.24, 2.45) is 0 Å². The van der Waals surface area contributed by atoms with Gasteiger partial charge in [0.25, 0.3) is 11.8 Å². The van der Waals surface area contributed by atoms with E-state index >= 15 is 0 Å². The number of carbonyl (C=O) groups excluding carboxylic acids is 2. The summed E-state index contributed by atoms with van der Waals surface area (Å²) in [6, 6.07) is 13.5. The zero-order valence-electron chi connectivity index (χ0n) is 17.7. The Morgan fingerprint density at radius 3 is 2.53 bits per heavy atom. The van der Waals surface area contributed by atoms with Gasteiger partial charge < -0.3 is 19.7 Å². The molecule has 9 nitrogen and oxygen atoms in total. The molecular weight excluding hydrogens is 434 g/mol. The lowest BCUT2D eigenvalue weighted by atomic mass is 10.2. The molecule has 0 radical (unpaired) electrons. The normalized spacial score (nSPS) is 19.0. The van der Waals surface area contributed by atoms with Gasteiger partial charge in [0.2, 0.25) is 10.0 Å². The van der Waals surface area contributed by atoms with Crippen LogP contribution in [0.1, 0.15) is 13.3 Å².